The number of amides is 2. The highest BCUT2D eigenvalue weighted by atomic mass is 16.6. The van der Waals surface area contributed by atoms with Crippen molar-refractivity contribution in [2.75, 3.05) is 46.1 Å². The average molecular weight is 530 g/mol. The lowest BCUT2D eigenvalue weighted by Crippen LogP contribution is -2.41. The largest absolute Gasteiger partial charge is 0.444 e. The summed E-state index contributed by atoms with van der Waals surface area (Å²) in [6, 6.07) is 0.452. The fourth-order valence-electron chi connectivity index (χ4n) is 3.35. The Morgan fingerprint density at radius 2 is 1.03 bits per heavy atom. The van der Waals surface area contributed by atoms with Crippen LogP contribution in [0.3, 0.4) is 0 Å². The van der Waals surface area contributed by atoms with Gasteiger partial charge in [-0.15, -0.1) is 0 Å². The van der Waals surface area contributed by atoms with Gasteiger partial charge in [-0.05, 0) is 26.2 Å². The normalized spacial score (nSPS) is 13.6. The maximum absolute atomic E-state index is 12.7. The molecular formula is C29H59N3O5. The number of carbonyl (C=O) groups is 2. The van der Waals surface area contributed by atoms with Crippen LogP contribution in [0.4, 0.5) is 4.79 Å². The molecule has 8 nitrogen and oxygen atoms in total. The summed E-state index contributed by atoms with van der Waals surface area (Å²) < 4.78 is 17.3. The zero-order chi connectivity index (χ0) is 29.1. The van der Waals surface area contributed by atoms with Crippen LogP contribution in [0.5, 0.6) is 0 Å². The zero-order valence-corrected chi connectivity index (χ0v) is 26.3. The fourth-order valence-corrected chi connectivity index (χ4v) is 3.35. The molecule has 0 radical (unpaired) electrons. The molecule has 0 aromatic carbocycles. The van der Waals surface area contributed by atoms with E-state index in [4.69, 9.17) is 14.2 Å². The van der Waals surface area contributed by atoms with Gasteiger partial charge >= 0.3 is 6.09 Å². The molecule has 0 bridgehead atoms. The van der Waals surface area contributed by atoms with Gasteiger partial charge in [-0.3, -0.25) is 4.79 Å². The van der Waals surface area contributed by atoms with E-state index in [1.807, 2.05) is 48.5 Å². The van der Waals surface area contributed by atoms with Gasteiger partial charge in [0.1, 0.15) is 5.60 Å². The summed E-state index contributed by atoms with van der Waals surface area (Å²) >= 11 is 0. The third-order valence-corrected chi connectivity index (χ3v) is 5.47. The van der Waals surface area contributed by atoms with Crippen molar-refractivity contribution in [2.45, 2.75) is 108 Å². The first kappa shape index (κ1) is 35.6. The van der Waals surface area contributed by atoms with Gasteiger partial charge in [0.25, 0.3) is 0 Å². The molecule has 0 saturated carbocycles. The second-order valence-electron chi connectivity index (χ2n) is 15.0. The molecule has 220 valence electrons. The Kier molecular flexibility index (Phi) is 14.1. The highest BCUT2D eigenvalue weighted by Crippen LogP contribution is 2.24. The smallest absolute Gasteiger partial charge is 0.407 e. The third-order valence-electron chi connectivity index (χ3n) is 5.47. The quantitative estimate of drug-likeness (QED) is 0.241. The number of hydrogen-bond donors (Lipinski definition) is 3. The molecule has 0 aliphatic carbocycles. The van der Waals surface area contributed by atoms with Gasteiger partial charge in [-0.2, -0.15) is 0 Å². The maximum Gasteiger partial charge on any atom is 0.407 e. The standard InChI is InChI=1S/C29H59N3O5/c1-22(2)30-15-27(8,9)19-36-20-28(10,11)16-31-23(33)14-26(6,7)18-35-21-29(12,13)17-32-24(34)37-25(3,4)5/h22,30H,14-21H2,1-13H3,(H,31,33)(H,32,34). The fraction of sp³-hybridized carbons (Fsp3) is 0.931. The van der Waals surface area contributed by atoms with E-state index in [1.165, 1.54) is 0 Å². The Balaban J connectivity index is 4.38. The predicted octanol–water partition coefficient (Wildman–Crippen LogP) is 5.15. The molecule has 0 saturated heterocycles. The summed E-state index contributed by atoms with van der Waals surface area (Å²) in [6.45, 7) is 30.5. The van der Waals surface area contributed by atoms with Crippen molar-refractivity contribution < 1.29 is 23.8 Å². The van der Waals surface area contributed by atoms with Gasteiger partial charge < -0.3 is 30.2 Å². The maximum atomic E-state index is 12.7. The van der Waals surface area contributed by atoms with E-state index < -0.39 is 11.7 Å². The van der Waals surface area contributed by atoms with Crippen LogP contribution in [0.25, 0.3) is 0 Å². The molecule has 0 aromatic heterocycles. The second-order valence-corrected chi connectivity index (χ2v) is 15.0. The Morgan fingerprint density at radius 3 is 1.46 bits per heavy atom. The van der Waals surface area contributed by atoms with Crippen molar-refractivity contribution in [1.29, 1.82) is 0 Å². The van der Waals surface area contributed by atoms with E-state index >= 15 is 0 Å². The third kappa shape index (κ3) is 20.3. The number of carbonyl (C=O) groups excluding carboxylic acids is 2. The minimum atomic E-state index is -0.528. The molecule has 0 aromatic rings. The van der Waals surface area contributed by atoms with Crippen LogP contribution in [0.15, 0.2) is 0 Å². The SMILES string of the molecule is CC(C)NCC(C)(C)COCC(C)(C)CNC(=O)CC(C)(C)COCC(C)(C)CNC(=O)OC(C)(C)C. The minimum absolute atomic E-state index is 0.00832. The summed E-state index contributed by atoms with van der Waals surface area (Å²) in [7, 11) is 0. The molecule has 0 aliphatic heterocycles. The minimum Gasteiger partial charge on any atom is -0.444 e. The Labute approximate surface area is 227 Å². The molecule has 2 amide bonds. The Bertz CT molecular complexity index is 694. The first-order valence-electron chi connectivity index (χ1n) is 13.7. The molecule has 0 rings (SSSR count). The van der Waals surface area contributed by atoms with E-state index in [2.05, 4.69) is 57.5 Å². The van der Waals surface area contributed by atoms with Crippen molar-refractivity contribution in [3.8, 4) is 0 Å². The van der Waals surface area contributed by atoms with E-state index in [-0.39, 0.29) is 27.6 Å². The van der Waals surface area contributed by atoms with Crippen LogP contribution in [-0.4, -0.2) is 69.7 Å². The van der Waals surface area contributed by atoms with Gasteiger partial charge in [-0.1, -0.05) is 69.2 Å². The van der Waals surface area contributed by atoms with Crippen molar-refractivity contribution in [3.63, 3.8) is 0 Å². The molecule has 0 unspecified atom stereocenters. The van der Waals surface area contributed by atoms with Crippen LogP contribution in [0, 0.1) is 21.7 Å². The average Bonchev–Trinajstić information content (AvgIpc) is 2.67. The Morgan fingerprint density at radius 1 is 0.622 bits per heavy atom. The van der Waals surface area contributed by atoms with Crippen LogP contribution >= 0.6 is 0 Å². The molecule has 8 heteroatoms. The van der Waals surface area contributed by atoms with Crippen molar-refractivity contribution in [3.05, 3.63) is 0 Å². The van der Waals surface area contributed by atoms with E-state index in [9.17, 15) is 9.59 Å². The van der Waals surface area contributed by atoms with E-state index in [0.29, 0.717) is 52.0 Å². The molecular weight excluding hydrogens is 470 g/mol. The summed E-state index contributed by atoms with van der Waals surface area (Å²) in [4.78, 5) is 24.6. The molecule has 0 aliphatic rings. The lowest BCUT2D eigenvalue weighted by Gasteiger charge is -2.31. The summed E-state index contributed by atoms with van der Waals surface area (Å²) in [5, 5.41) is 9.35. The van der Waals surface area contributed by atoms with Crippen molar-refractivity contribution in [2.24, 2.45) is 21.7 Å². The van der Waals surface area contributed by atoms with Gasteiger partial charge in [0, 0.05) is 48.3 Å². The van der Waals surface area contributed by atoms with E-state index in [1.54, 1.807) is 0 Å². The number of nitrogens with one attached hydrogen (secondary N) is 3. The molecule has 37 heavy (non-hydrogen) atoms. The van der Waals surface area contributed by atoms with Crippen molar-refractivity contribution >= 4 is 12.0 Å². The van der Waals surface area contributed by atoms with Crippen LogP contribution in [0.1, 0.15) is 96.4 Å². The molecule has 0 fully saturated rings. The molecule has 0 heterocycles. The highest BCUT2D eigenvalue weighted by molar-refractivity contribution is 5.76. The highest BCUT2D eigenvalue weighted by Gasteiger charge is 2.28. The lowest BCUT2D eigenvalue weighted by molar-refractivity contribution is -0.124. The predicted molar refractivity (Wildman–Crippen MR) is 152 cm³/mol. The summed E-state index contributed by atoms with van der Waals surface area (Å²) in [6.07, 6.45) is -0.0632. The lowest BCUT2D eigenvalue weighted by atomic mass is 9.89. The molecule has 0 spiro atoms. The van der Waals surface area contributed by atoms with Crippen LogP contribution in [0.2, 0.25) is 0 Å². The first-order valence-corrected chi connectivity index (χ1v) is 13.7. The van der Waals surface area contributed by atoms with Crippen LogP contribution < -0.4 is 16.0 Å². The van der Waals surface area contributed by atoms with Gasteiger partial charge in [0.2, 0.25) is 5.91 Å². The van der Waals surface area contributed by atoms with Gasteiger partial charge in [0.15, 0.2) is 0 Å². The van der Waals surface area contributed by atoms with Crippen molar-refractivity contribution in [1.82, 2.24) is 16.0 Å². The summed E-state index contributed by atoms with van der Waals surface area (Å²) in [5.41, 5.74) is -1.22. The first-order chi connectivity index (χ1) is 16.5. The molecule has 0 atom stereocenters. The molecule has 3 N–H and O–H groups in total. The van der Waals surface area contributed by atoms with Crippen LogP contribution in [-0.2, 0) is 19.0 Å². The van der Waals surface area contributed by atoms with Gasteiger partial charge in [0.05, 0.1) is 26.4 Å². The monoisotopic (exact) mass is 529 g/mol. The number of hydrogen-bond acceptors (Lipinski definition) is 6. The number of alkyl carbamates (subject to hydrolysis) is 1. The number of rotatable bonds is 17. The number of ether oxygens (including phenoxy) is 3. The van der Waals surface area contributed by atoms with Gasteiger partial charge in [-0.25, -0.2) is 4.79 Å². The summed E-state index contributed by atoms with van der Waals surface area (Å²) in [5.74, 6) is 0.00832. The zero-order valence-electron chi connectivity index (χ0n) is 26.3. The van der Waals surface area contributed by atoms with E-state index in [0.717, 1.165) is 6.54 Å². The Hall–Kier alpha value is -1.38. The second kappa shape index (κ2) is 14.7. The topological polar surface area (TPSA) is 97.9 Å².